The van der Waals surface area contributed by atoms with Crippen molar-refractivity contribution in [2.24, 2.45) is 0 Å². The lowest BCUT2D eigenvalue weighted by Gasteiger charge is -2.05. The molecular formula is C6H9ClN2O. The number of rotatable bonds is 0. The SMILES string of the molecule is Cc1cccc(N)[n+]1[O-].Cl. The maximum Gasteiger partial charge on any atom is 0.275 e. The van der Waals surface area contributed by atoms with Gasteiger partial charge in [0.05, 0.1) is 0 Å². The summed E-state index contributed by atoms with van der Waals surface area (Å²) in [6.07, 6.45) is 0. The number of aryl methyl sites for hydroxylation is 1. The molecule has 1 aromatic rings. The van der Waals surface area contributed by atoms with Crippen LogP contribution in [0.2, 0.25) is 0 Å². The first-order valence-corrected chi connectivity index (χ1v) is 2.66. The molecule has 0 unspecified atom stereocenters. The van der Waals surface area contributed by atoms with Gasteiger partial charge in [-0.1, -0.05) is 6.07 Å². The van der Waals surface area contributed by atoms with Crippen LogP contribution < -0.4 is 10.5 Å². The van der Waals surface area contributed by atoms with Crippen molar-refractivity contribution in [3.05, 3.63) is 29.1 Å². The molecule has 0 aliphatic rings. The standard InChI is InChI=1S/C6H8N2O.ClH/c1-5-3-2-4-6(7)8(5)9;/h2-4H,7H2,1H3;1H. The Kier molecular flexibility index (Phi) is 2.96. The first-order chi connectivity index (χ1) is 4.22. The summed E-state index contributed by atoms with van der Waals surface area (Å²) in [7, 11) is 0. The third-order valence-electron chi connectivity index (χ3n) is 1.16. The number of hydrogen-bond donors (Lipinski definition) is 1. The van der Waals surface area contributed by atoms with Crippen LogP contribution in [-0.4, -0.2) is 0 Å². The van der Waals surface area contributed by atoms with E-state index in [4.69, 9.17) is 5.73 Å². The molecule has 1 aromatic heterocycles. The molecule has 10 heavy (non-hydrogen) atoms. The van der Waals surface area contributed by atoms with Crippen LogP contribution in [0.15, 0.2) is 18.2 Å². The Bertz CT molecular complexity index is 207. The quantitative estimate of drug-likeness (QED) is 0.447. The molecule has 0 saturated heterocycles. The molecule has 0 saturated carbocycles. The summed E-state index contributed by atoms with van der Waals surface area (Å²) in [5, 5.41) is 10.8. The molecule has 0 radical (unpaired) electrons. The molecule has 1 heterocycles. The van der Waals surface area contributed by atoms with Crippen molar-refractivity contribution in [2.75, 3.05) is 5.73 Å². The molecule has 3 nitrogen and oxygen atoms in total. The summed E-state index contributed by atoms with van der Waals surface area (Å²) in [6, 6.07) is 5.03. The smallest absolute Gasteiger partial charge is 0.275 e. The zero-order valence-corrected chi connectivity index (χ0v) is 6.39. The Morgan fingerprint density at radius 2 is 2.10 bits per heavy atom. The average Bonchev–Trinajstić information content (AvgIpc) is 1.83. The number of nitrogens with two attached hydrogens (primary N) is 1. The van der Waals surface area contributed by atoms with Gasteiger partial charge in [-0.05, 0) is 13.0 Å². The van der Waals surface area contributed by atoms with E-state index < -0.39 is 0 Å². The van der Waals surface area contributed by atoms with Crippen LogP contribution in [0.5, 0.6) is 0 Å². The lowest BCUT2D eigenvalue weighted by Crippen LogP contribution is -2.33. The minimum absolute atomic E-state index is 0. The number of pyridine rings is 1. The van der Waals surface area contributed by atoms with Crippen molar-refractivity contribution < 1.29 is 4.73 Å². The fourth-order valence-electron chi connectivity index (χ4n) is 0.625. The molecule has 0 aromatic carbocycles. The Morgan fingerprint density at radius 1 is 1.50 bits per heavy atom. The highest BCUT2D eigenvalue weighted by atomic mass is 35.5. The van der Waals surface area contributed by atoms with Gasteiger partial charge in [0.2, 0.25) is 0 Å². The Hall–Kier alpha value is -0.960. The van der Waals surface area contributed by atoms with E-state index >= 15 is 0 Å². The normalized spacial score (nSPS) is 8.50. The van der Waals surface area contributed by atoms with Crippen LogP contribution in [0.1, 0.15) is 5.69 Å². The molecule has 0 aliphatic heterocycles. The number of hydrogen-bond acceptors (Lipinski definition) is 2. The van der Waals surface area contributed by atoms with Crippen LogP contribution >= 0.6 is 12.4 Å². The van der Waals surface area contributed by atoms with Crippen molar-refractivity contribution >= 4 is 18.2 Å². The predicted molar refractivity (Wildman–Crippen MR) is 41.8 cm³/mol. The van der Waals surface area contributed by atoms with Crippen molar-refractivity contribution in [1.29, 1.82) is 0 Å². The van der Waals surface area contributed by atoms with Gasteiger partial charge in [-0.3, -0.25) is 5.73 Å². The molecule has 2 N–H and O–H groups in total. The minimum Gasteiger partial charge on any atom is -0.710 e. The lowest BCUT2D eigenvalue weighted by molar-refractivity contribution is -0.596. The second kappa shape index (κ2) is 3.27. The van der Waals surface area contributed by atoms with Crippen molar-refractivity contribution in [3.63, 3.8) is 0 Å². The molecule has 0 amide bonds. The summed E-state index contributed by atoms with van der Waals surface area (Å²) < 4.78 is 0.694. The van der Waals surface area contributed by atoms with E-state index in [0.717, 1.165) is 0 Å². The Balaban J connectivity index is 0.000000810. The number of halogens is 1. The monoisotopic (exact) mass is 160 g/mol. The van der Waals surface area contributed by atoms with E-state index in [-0.39, 0.29) is 18.2 Å². The predicted octanol–water partition coefficient (Wildman–Crippen LogP) is 0.632. The van der Waals surface area contributed by atoms with Gasteiger partial charge in [-0.25, -0.2) is 4.73 Å². The fourth-order valence-corrected chi connectivity index (χ4v) is 0.625. The summed E-state index contributed by atoms with van der Waals surface area (Å²) >= 11 is 0. The molecular weight excluding hydrogens is 152 g/mol. The van der Waals surface area contributed by atoms with Gasteiger partial charge >= 0.3 is 0 Å². The van der Waals surface area contributed by atoms with Crippen LogP contribution in [0.4, 0.5) is 5.82 Å². The molecule has 0 spiro atoms. The van der Waals surface area contributed by atoms with Crippen LogP contribution in [0.25, 0.3) is 0 Å². The first kappa shape index (κ1) is 9.04. The average molecular weight is 161 g/mol. The van der Waals surface area contributed by atoms with Gasteiger partial charge < -0.3 is 5.21 Å². The second-order valence-electron chi connectivity index (χ2n) is 1.89. The van der Waals surface area contributed by atoms with Gasteiger partial charge in [0.1, 0.15) is 5.69 Å². The Labute approximate surface area is 65.5 Å². The highest BCUT2D eigenvalue weighted by molar-refractivity contribution is 5.85. The summed E-state index contributed by atoms with van der Waals surface area (Å²) in [4.78, 5) is 0. The maximum absolute atomic E-state index is 10.8. The number of anilines is 1. The number of nitrogens with zero attached hydrogens (tertiary/aromatic N) is 1. The van der Waals surface area contributed by atoms with Crippen LogP contribution in [0, 0.1) is 12.1 Å². The van der Waals surface area contributed by atoms with E-state index in [1.165, 1.54) is 0 Å². The van der Waals surface area contributed by atoms with E-state index in [9.17, 15) is 5.21 Å². The molecule has 56 valence electrons. The van der Waals surface area contributed by atoms with Crippen molar-refractivity contribution in [1.82, 2.24) is 0 Å². The van der Waals surface area contributed by atoms with Crippen LogP contribution in [0.3, 0.4) is 0 Å². The zero-order chi connectivity index (χ0) is 6.85. The van der Waals surface area contributed by atoms with E-state index in [0.29, 0.717) is 10.4 Å². The fraction of sp³-hybridized carbons (Fsp3) is 0.167. The highest BCUT2D eigenvalue weighted by Crippen LogP contribution is 1.93. The first-order valence-electron chi connectivity index (χ1n) is 2.66. The van der Waals surface area contributed by atoms with Gasteiger partial charge in [-0.2, -0.15) is 0 Å². The number of nitrogen functional groups attached to an aromatic ring is 1. The maximum atomic E-state index is 10.8. The van der Waals surface area contributed by atoms with Crippen molar-refractivity contribution in [3.8, 4) is 0 Å². The lowest BCUT2D eigenvalue weighted by atomic mass is 10.4. The van der Waals surface area contributed by atoms with E-state index in [1.807, 2.05) is 0 Å². The second-order valence-corrected chi connectivity index (χ2v) is 1.89. The Morgan fingerprint density at radius 3 is 2.50 bits per heavy atom. The number of aromatic nitrogens is 1. The molecule has 1 rings (SSSR count). The third-order valence-corrected chi connectivity index (χ3v) is 1.16. The van der Waals surface area contributed by atoms with Gasteiger partial charge in [-0.15, -0.1) is 12.4 Å². The van der Waals surface area contributed by atoms with Gasteiger partial charge in [0.15, 0.2) is 0 Å². The minimum atomic E-state index is 0. The summed E-state index contributed by atoms with van der Waals surface area (Å²) in [6.45, 7) is 1.71. The van der Waals surface area contributed by atoms with Gasteiger partial charge in [0.25, 0.3) is 5.82 Å². The van der Waals surface area contributed by atoms with Gasteiger partial charge in [0, 0.05) is 6.07 Å². The van der Waals surface area contributed by atoms with Crippen molar-refractivity contribution in [2.45, 2.75) is 6.92 Å². The summed E-state index contributed by atoms with van der Waals surface area (Å²) in [5.74, 6) is 0.245. The largest absolute Gasteiger partial charge is 0.710 e. The molecule has 0 fully saturated rings. The molecule has 0 aliphatic carbocycles. The summed E-state index contributed by atoms with van der Waals surface area (Å²) in [5.41, 5.74) is 5.89. The highest BCUT2D eigenvalue weighted by Gasteiger charge is 1.95. The van der Waals surface area contributed by atoms with E-state index in [1.54, 1.807) is 25.1 Å². The topological polar surface area (TPSA) is 53.0 Å². The van der Waals surface area contributed by atoms with Crippen LogP contribution in [-0.2, 0) is 0 Å². The molecule has 4 heteroatoms. The molecule has 0 bridgehead atoms. The van der Waals surface area contributed by atoms with E-state index in [2.05, 4.69) is 0 Å². The zero-order valence-electron chi connectivity index (χ0n) is 5.57. The third kappa shape index (κ3) is 1.51. The molecule has 0 atom stereocenters.